The van der Waals surface area contributed by atoms with Crippen LogP contribution in [0.2, 0.25) is 0 Å². The molecule has 3 atom stereocenters. The molecule has 25 heavy (non-hydrogen) atoms. The lowest BCUT2D eigenvalue weighted by Gasteiger charge is -2.37. The predicted octanol–water partition coefficient (Wildman–Crippen LogP) is 2.64. The Morgan fingerprint density at radius 1 is 1.20 bits per heavy atom. The third-order valence-corrected chi connectivity index (χ3v) is 5.39. The number of β-amino-alcohol motifs (C(OH)–C–C–N with tert-alkyl or cyclic N) is 1. The zero-order valence-electron chi connectivity index (χ0n) is 17.9. The molecular formula is C20H31NO4. The van der Waals surface area contributed by atoms with Crippen LogP contribution in [0.5, 0.6) is 11.5 Å². The van der Waals surface area contributed by atoms with Gasteiger partial charge < -0.3 is 19.3 Å². The lowest BCUT2D eigenvalue weighted by molar-refractivity contribution is -0.0316. The third-order valence-electron chi connectivity index (χ3n) is 5.39. The molecule has 1 saturated heterocycles. The number of hydrogen-bond acceptors (Lipinski definition) is 5. The van der Waals surface area contributed by atoms with Gasteiger partial charge in [0, 0.05) is 19.1 Å². The maximum Gasteiger partial charge on any atom is 0.160 e. The molecule has 5 heteroatoms. The topological polar surface area (TPSA) is 51.2 Å². The molecule has 0 aromatic heterocycles. The van der Waals surface area contributed by atoms with E-state index >= 15 is 0 Å². The van der Waals surface area contributed by atoms with Crippen LogP contribution < -0.4 is 9.47 Å². The molecule has 1 aromatic carbocycles. The van der Waals surface area contributed by atoms with Crippen LogP contribution in [0.1, 0.15) is 41.8 Å². The van der Waals surface area contributed by atoms with Crippen LogP contribution in [-0.2, 0) is 11.2 Å². The number of aliphatic hydroxyl groups excluding tert-OH is 1. The molecule has 140 valence electrons. The highest BCUT2D eigenvalue weighted by Gasteiger charge is 2.34. The maximum atomic E-state index is 9.85. The Labute approximate surface area is 155 Å². The average Bonchev–Trinajstić information content (AvgIpc) is 3.07. The largest absolute Gasteiger partial charge is 0.493 e. The van der Waals surface area contributed by atoms with Crippen molar-refractivity contribution < 1.29 is 23.4 Å². The van der Waals surface area contributed by atoms with Crippen LogP contribution in [0, 0.1) is 0 Å². The van der Waals surface area contributed by atoms with Gasteiger partial charge in [0.05, 0.1) is 37.1 Å². The molecule has 0 spiro atoms. The number of benzene rings is 1. The molecule has 1 aromatic rings. The minimum atomic E-state index is -2.52. The van der Waals surface area contributed by atoms with Crippen LogP contribution in [0.25, 0.3) is 0 Å². The molecule has 0 amide bonds. The number of rotatable bonds is 7. The first kappa shape index (κ1) is 14.8. The van der Waals surface area contributed by atoms with E-state index in [1.165, 1.54) is 20.0 Å². The van der Waals surface area contributed by atoms with Crippen LogP contribution in [-0.4, -0.2) is 62.1 Å². The first-order valence-electron chi connectivity index (χ1n) is 10.8. The normalized spacial score (nSPS) is 29.7. The van der Waals surface area contributed by atoms with E-state index in [2.05, 4.69) is 4.90 Å². The van der Waals surface area contributed by atoms with Gasteiger partial charge in [-0.1, -0.05) is 18.9 Å². The Balaban J connectivity index is 1.56. The fourth-order valence-electron chi connectivity index (χ4n) is 4.04. The van der Waals surface area contributed by atoms with Crippen molar-refractivity contribution in [2.45, 2.75) is 56.8 Å². The highest BCUT2D eigenvalue weighted by molar-refractivity contribution is 5.42. The lowest BCUT2D eigenvalue weighted by Crippen LogP contribution is -2.46. The summed E-state index contributed by atoms with van der Waals surface area (Å²) in [6.45, 7) is 2.26. The van der Waals surface area contributed by atoms with Crippen LogP contribution >= 0.6 is 0 Å². The second-order valence-corrected chi connectivity index (χ2v) is 7.04. The molecule has 1 aliphatic heterocycles. The standard InChI is InChI=1S/C20H31NO4/c1-23-19-8-7-15(13-20(19)24-2)10-12-25-18-6-4-3-5-17(18)21-11-9-16(22)14-21/h7-8,13,16-18,22H,3-6,9-12,14H2,1-2H3/t16-,17-,18-/m1/s1/i2D3. The minimum absolute atomic E-state index is 0.190. The molecule has 1 N–H and O–H groups in total. The van der Waals surface area contributed by atoms with E-state index in [0.717, 1.165) is 37.9 Å². The highest BCUT2D eigenvalue weighted by Crippen LogP contribution is 2.30. The third kappa shape index (κ3) is 4.66. The van der Waals surface area contributed by atoms with E-state index in [1.54, 1.807) is 12.1 Å². The minimum Gasteiger partial charge on any atom is -0.493 e. The number of aliphatic hydroxyl groups is 1. The van der Waals surface area contributed by atoms with Gasteiger partial charge in [-0.05, 0) is 43.4 Å². The van der Waals surface area contributed by atoms with E-state index in [9.17, 15) is 5.11 Å². The van der Waals surface area contributed by atoms with Gasteiger partial charge in [-0.15, -0.1) is 0 Å². The first-order valence-corrected chi connectivity index (χ1v) is 9.25. The molecule has 2 aliphatic rings. The summed E-state index contributed by atoms with van der Waals surface area (Å²) in [7, 11) is -1.03. The van der Waals surface area contributed by atoms with Gasteiger partial charge in [0.15, 0.2) is 11.5 Å². The number of ether oxygens (including phenoxy) is 3. The van der Waals surface area contributed by atoms with Gasteiger partial charge in [-0.2, -0.15) is 0 Å². The van der Waals surface area contributed by atoms with Crippen molar-refractivity contribution >= 4 is 0 Å². The zero-order chi connectivity index (χ0) is 20.1. The van der Waals surface area contributed by atoms with E-state index in [0.29, 0.717) is 24.8 Å². The van der Waals surface area contributed by atoms with Crippen molar-refractivity contribution in [3.63, 3.8) is 0 Å². The molecule has 1 saturated carbocycles. The number of methoxy groups -OCH3 is 2. The Kier molecular flexibility index (Phi) is 5.26. The van der Waals surface area contributed by atoms with Crippen LogP contribution in [0.15, 0.2) is 18.2 Å². The van der Waals surface area contributed by atoms with Crippen molar-refractivity contribution in [2.24, 2.45) is 0 Å². The number of nitrogens with zero attached hydrogens (tertiary/aromatic N) is 1. The number of likely N-dealkylation sites (tertiary alicyclic amines) is 1. The van der Waals surface area contributed by atoms with Crippen LogP contribution in [0.4, 0.5) is 0 Å². The molecule has 0 radical (unpaired) electrons. The monoisotopic (exact) mass is 352 g/mol. The molecular weight excluding hydrogens is 318 g/mol. The first-order chi connectivity index (χ1) is 13.4. The smallest absolute Gasteiger partial charge is 0.160 e. The van der Waals surface area contributed by atoms with Gasteiger partial charge in [0.1, 0.15) is 0 Å². The highest BCUT2D eigenvalue weighted by atomic mass is 16.5. The summed E-state index contributed by atoms with van der Waals surface area (Å²) in [5.74, 6) is 0.627. The van der Waals surface area contributed by atoms with Crippen molar-refractivity contribution in [2.75, 3.05) is 33.8 Å². The van der Waals surface area contributed by atoms with Gasteiger partial charge in [-0.3, -0.25) is 4.90 Å². The van der Waals surface area contributed by atoms with Gasteiger partial charge in [0.25, 0.3) is 0 Å². The van der Waals surface area contributed by atoms with Gasteiger partial charge in [0.2, 0.25) is 0 Å². The van der Waals surface area contributed by atoms with Crippen molar-refractivity contribution in [3.8, 4) is 11.5 Å². The van der Waals surface area contributed by atoms with E-state index < -0.39 is 7.04 Å². The summed E-state index contributed by atoms with van der Waals surface area (Å²) >= 11 is 0. The molecule has 1 aliphatic carbocycles. The summed E-state index contributed by atoms with van der Waals surface area (Å²) in [6, 6.07) is 5.73. The van der Waals surface area contributed by atoms with Crippen molar-refractivity contribution in [3.05, 3.63) is 23.8 Å². The summed E-state index contributed by atoms with van der Waals surface area (Å²) in [5, 5.41) is 9.85. The van der Waals surface area contributed by atoms with E-state index in [1.807, 2.05) is 6.07 Å². The Morgan fingerprint density at radius 3 is 2.84 bits per heavy atom. The fourth-order valence-corrected chi connectivity index (χ4v) is 4.04. The average molecular weight is 352 g/mol. The molecule has 5 nitrogen and oxygen atoms in total. The van der Waals surface area contributed by atoms with Gasteiger partial charge >= 0.3 is 0 Å². The molecule has 0 unspecified atom stereocenters. The Morgan fingerprint density at radius 2 is 2.08 bits per heavy atom. The van der Waals surface area contributed by atoms with Crippen molar-refractivity contribution in [1.82, 2.24) is 4.90 Å². The van der Waals surface area contributed by atoms with E-state index in [-0.39, 0.29) is 18.0 Å². The summed E-state index contributed by atoms with van der Waals surface area (Å²) in [6.07, 6.45) is 6.06. The number of hydrogen-bond donors (Lipinski definition) is 1. The Hall–Kier alpha value is -1.30. The molecule has 3 rings (SSSR count). The van der Waals surface area contributed by atoms with Crippen molar-refractivity contribution in [1.29, 1.82) is 0 Å². The van der Waals surface area contributed by atoms with Gasteiger partial charge in [-0.25, -0.2) is 0 Å². The lowest BCUT2D eigenvalue weighted by atomic mass is 9.91. The molecule has 1 heterocycles. The second-order valence-electron chi connectivity index (χ2n) is 7.04. The summed E-state index contributed by atoms with van der Waals surface area (Å²) < 4.78 is 38.4. The predicted molar refractivity (Wildman–Crippen MR) is 97.4 cm³/mol. The Bertz CT molecular complexity index is 640. The van der Waals surface area contributed by atoms with E-state index in [4.69, 9.17) is 18.3 Å². The van der Waals surface area contributed by atoms with Crippen LogP contribution in [0.3, 0.4) is 0 Å². The summed E-state index contributed by atoms with van der Waals surface area (Å²) in [5.41, 5.74) is 0.948. The molecule has 0 bridgehead atoms. The summed E-state index contributed by atoms with van der Waals surface area (Å²) in [4.78, 5) is 2.38. The zero-order valence-corrected chi connectivity index (χ0v) is 14.9. The fraction of sp³-hybridized carbons (Fsp3) is 0.700. The second kappa shape index (κ2) is 8.88. The SMILES string of the molecule is [2H]C([2H])([2H])Oc1cc(CCO[C@@H]2CCCC[C@H]2N2CC[C@@H](O)C2)ccc1OC. The maximum absolute atomic E-state index is 9.85. The molecule has 2 fully saturated rings. The quantitative estimate of drug-likeness (QED) is 0.818.